The summed E-state index contributed by atoms with van der Waals surface area (Å²) in [5.74, 6) is -0.0269. The monoisotopic (exact) mass is 1030 g/mol. The minimum atomic E-state index is -0.662. The van der Waals surface area contributed by atoms with Gasteiger partial charge in [0.15, 0.2) is 0 Å². The molecular formula is C67H129NO5. The van der Waals surface area contributed by atoms with E-state index >= 15 is 0 Å². The van der Waals surface area contributed by atoms with E-state index in [1.807, 2.05) is 0 Å². The van der Waals surface area contributed by atoms with Gasteiger partial charge in [0.25, 0.3) is 0 Å². The number of hydrogen-bond donors (Lipinski definition) is 3. The van der Waals surface area contributed by atoms with Crippen LogP contribution in [0.2, 0.25) is 0 Å². The number of aliphatic hydroxyl groups excluding tert-OH is 2. The van der Waals surface area contributed by atoms with Crippen LogP contribution in [0.25, 0.3) is 0 Å². The molecule has 6 heteroatoms. The number of amides is 1. The van der Waals surface area contributed by atoms with Crippen LogP contribution >= 0.6 is 0 Å². The van der Waals surface area contributed by atoms with Crippen molar-refractivity contribution in [2.45, 2.75) is 379 Å². The minimum Gasteiger partial charge on any atom is -0.466 e. The average molecular weight is 1030 g/mol. The number of hydrogen-bond acceptors (Lipinski definition) is 5. The van der Waals surface area contributed by atoms with E-state index in [1.54, 1.807) is 0 Å². The van der Waals surface area contributed by atoms with Crippen molar-refractivity contribution in [1.29, 1.82) is 0 Å². The molecule has 0 rings (SSSR count). The Hall–Kier alpha value is -1.66. The first-order valence-electron chi connectivity index (χ1n) is 33.1. The average Bonchev–Trinajstić information content (AvgIpc) is 3.39. The van der Waals surface area contributed by atoms with Crippen molar-refractivity contribution < 1.29 is 24.5 Å². The van der Waals surface area contributed by atoms with Crippen LogP contribution in [0.1, 0.15) is 367 Å². The number of ether oxygens (including phenoxy) is 1. The SMILES string of the molecule is CCCC/C=C\C/C=C\CCCCCCCC(=O)OCCCCCCCCCCCCCCCCCCCCCCCCCCCCC(=O)NC(CO)C(O)CCCCCCCCCCCCCCCCCC. The molecular weight excluding hydrogens is 899 g/mol. The molecule has 0 fully saturated rings. The summed E-state index contributed by atoms with van der Waals surface area (Å²) in [5, 5.41) is 23.3. The topological polar surface area (TPSA) is 95.9 Å². The first kappa shape index (κ1) is 71.3. The fourth-order valence-electron chi connectivity index (χ4n) is 10.4. The van der Waals surface area contributed by atoms with Crippen LogP contribution in [0.3, 0.4) is 0 Å². The van der Waals surface area contributed by atoms with Crippen LogP contribution in [0.5, 0.6) is 0 Å². The van der Waals surface area contributed by atoms with Gasteiger partial charge in [-0.25, -0.2) is 0 Å². The quantitative estimate of drug-likeness (QED) is 0.0320. The summed E-state index contributed by atoms with van der Waals surface area (Å²) < 4.78 is 5.48. The number of unbranched alkanes of at least 4 members (excludes halogenated alkanes) is 47. The van der Waals surface area contributed by atoms with Crippen molar-refractivity contribution in [3.05, 3.63) is 24.3 Å². The number of esters is 1. The van der Waals surface area contributed by atoms with Gasteiger partial charge in [-0.1, -0.05) is 327 Å². The second kappa shape index (κ2) is 62.9. The van der Waals surface area contributed by atoms with Gasteiger partial charge in [0.2, 0.25) is 5.91 Å². The first-order valence-corrected chi connectivity index (χ1v) is 33.1. The predicted molar refractivity (Wildman–Crippen MR) is 320 cm³/mol. The van der Waals surface area contributed by atoms with Crippen LogP contribution in [0.4, 0.5) is 0 Å². The molecule has 0 aliphatic heterocycles. The second-order valence-electron chi connectivity index (χ2n) is 22.8. The van der Waals surface area contributed by atoms with E-state index in [4.69, 9.17) is 4.74 Å². The summed E-state index contributed by atoms with van der Waals surface area (Å²) in [6, 6.07) is -0.539. The molecule has 3 N–H and O–H groups in total. The highest BCUT2D eigenvalue weighted by molar-refractivity contribution is 5.76. The number of allylic oxidation sites excluding steroid dienone is 4. The standard InChI is InChI=1S/C67H129NO5/c1-3-5-7-9-11-13-15-17-19-32-35-39-43-47-51-55-59-65(70)64(63-69)68-66(71)60-56-52-48-44-40-36-33-30-28-26-24-22-20-21-23-25-27-29-31-34-38-42-46-50-54-58-62-73-67(72)61-57-53-49-45-41-37-18-16-14-12-10-8-6-4-2/h10,12,16,18,64-65,69-70H,3-9,11,13-15,17,19-63H2,1-2H3,(H,68,71)/b12-10-,18-16-. The number of aliphatic hydroxyl groups is 2. The molecule has 0 saturated carbocycles. The van der Waals surface area contributed by atoms with Crippen LogP contribution in [-0.4, -0.2) is 47.4 Å². The molecule has 0 aromatic carbocycles. The van der Waals surface area contributed by atoms with Gasteiger partial charge in [0, 0.05) is 12.8 Å². The number of carbonyl (C=O) groups is 2. The van der Waals surface area contributed by atoms with Crippen LogP contribution in [0.15, 0.2) is 24.3 Å². The molecule has 0 aliphatic rings. The molecule has 0 aliphatic carbocycles. The van der Waals surface area contributed by atoms with E-state index in [2.05, 4.69) is 43.5 Å². The molecule has 0 saturated heterocycles. The van der Waals surface area contributed by atoms with Gasteiger partial charge in [-0.2, -0.15) is 0 Å². The molecule has 0 radical (unpaired) electrons. The summed E-state index contributed by atoms with van der Waals surface area (Å²) in [5.41, 5.74) is 0. The maximum absolute atomic E-state index is 12.5. The predicted octanol–water partition coefficient (Wildman–Crippen LogP) is 21.0. The molecule has 73 heavy (non-hydrogen) atoms. The van der Waals surface area contributed by atoms with Gasteiger partial charge in [0.1, 0.15) is 0 Å². The van der Waals surface area contributed by atoms with Gasteiger partial charge in [0.05, 0.1) is 25.4 Å². The van der Waals surface area contributed by atoms with E-state index in [9.17, 15) is 19.8 Å². The zero-order valence-electron chi connectivity index (χ0n) is 49.4. The Kier molecular flexibility index (Phi) is 61.4. The molecule has 2 unspecified atom stereocenters. The van der Waals surface area contributed by atoms with Crippen molar-refractivity contribution >= 4 is 11.9 Å². The third-order valence-corrected chi connectivity index (χ3v) is 15.5. The molecule has 6 nitrogen and oxygen atoms in total. The van der Waals surface area contributed by atoms with Gasteiger partial charge in [-0.3, -0.25) is 9.59 Å². The summed E-state index contributed by atoms with van der Waals surface area (Å²) >= 11 is 0. The third kappa shape index (κ3) is 59.4. The summed E-state index contributed by atoms with van der Waals surface area (Å²) in [4.78, 5) is 24.6. The highest BCUT2D eigenvalue weighted by atomic mass is 16.5. The van der Waals surface area contributed by atoms with Gasteiger partial charge in [-0.15, -0.1) is 0 Å². The van der Waals surface area contributed by atoms with E-state index in [0.717, 1.165) is 51.4 Å². The Labute approximate surface area is 456 Å². The fraction of sp³-hybridized carbons (Fsp3) is 0.910. The summed E-state index contributed by atoms with van der Waals surface area (Å²) in [7, 11) is 0. The number of nitrogens with one attached hydrogen (secondary N) is 1. The van der Waals surface area contributed by atoms with Crippen molar-refractivity contribution in [2.75, 3.05) is 13.2 Å². The number of rotatable bonds is 62. The van der Waals surface area contributed by atoms with Crippen LogP contribution in [0, 0.1) is 0 Å². The zero-order chi connectivity index (χ0) is 52.9. The van der Waals surface area contributed by atoms with Gasteiger partial charge >= 0.3 is 5.97 Å². The zero-order valence-corrected chi connectivity index (χ0v) is 49.4. The molecule has 1 amide bonds. The van der Waals surface area contributed by atoms with E-state index in [-0.39, 0.29) is 18.5 Å². The molecule has 0 heterocycles. The highest BCUT2D eigenvalue weighted by Crippen LogP contribution is 2.19. The first-order chi connectivity index (χ1) is 36.0. The lowest BCUT2D eigenvalue weighted by molar-refractivity contribution is -0.143. The van der Waals surface area contributed by atoms with Crippen molar-refractivity contribution in [3.63, 3.8) is 0 Å². The minimum absolute atomic E-state index is 0.00311. The lowest BCUT2D eigenvalue weighted by atomic mass is 10.0. The van der Waals surface area contributed by atoms with Crippen molar-refractivity contribution in [1.82, 2.24) is 5.32 Å². The fourth-order valence-corrected chi connectivity index (χ4v) is 10.4. The second-order valence-corrected chi connectivity index (χ2v) is 22.8. The molecule has 0 bridgehead atoms. The smallest absolute Gasteiger partial charge is 0.305 e. The van der Waals surface area contributed by atoms with Gasteiger partial charge < -0.3 is 20.3 Å². The largest absolute Gasteiger partial charge is 0.466 e. The van der Waals surface area contributed by atoms with Crippen molar-refractivity contribution in [2.24, 2.45) is 0 Å². The number of carbonyl (C=O) groups excluding carboxylic acids is 2. The lowest BCUT2D eigenvalue weighted by Gasteiger charge is -2.22. The van der Waals surface area contributed by atoms with Gasteiger partial charge in [-0.05, 0) is 51.4 Å². The Morgan fingerprint density at radius 1 is 0.384 bits per heavy atom. The molecule has 2 atom stereocenters. The summed E-state index contributed by atoms with van der Waals surface area (Å²) in [6.07, 6.45) is 77.8. The third-order valence-electron chi connectivity index (χ3n) is 15.5. The Morgan fingerprint density at radius 3 is 1.08 bits per heavy atom. The Balaban J connectivity index is 3.35. The maximum Gasteiger partial charge on any atom is 0.305 e. The molecule has 0 spiro atoms. The van der Waals surface area contributed by atoms with E-state index < -0.39 is 12.1 Å². The summed E-state index contributed by atoms with van der Waals surface area (Å²) in [6.45, 7) is 4.94. The molecule has 0 aromatic heterocycles. The lowest BCUT2D eigenvalue weighted by Crippen LogP contribution is -2.45. The Morgan fingerprint density at radius 2 is 0.699 bits per heavy atom. The maximum atomic E-state index is 12.5. The van der Waals surface area contributed by atoms with Crippen molar-refractivity contribution in [3.8, 4) is 0 Å². The van der Waals surface area contributed by atoms with Crippen LogP contribution < -0.4 is 5.32 Å². The van der Waals surface area contributed by atoms with E-state index in [0.29, 0.717) is 25.9 Å². The van der Waals surface area contributed by atoms with E-state index in [1.165, 1.54) is 283 Å². The molecule has 0 aromatic rings. The molecule has 432 valence electrons. The highest BCUT2D eigenvalue weighted by Gasteiger charge is 2.20. The van der Waals surface area contributed by atoms with Crippen LogP contribution in [-0.2, 0) is 14.3 Å². The Bertz CT molecular complexity index is 1140. The normalized spacial score (nSPS) is 12.7.